The van der Waals surface area contributed by atoms with Crippen molar-refractivity contribution in [3.05, 3.63) is 205 Å². The van der Waals surface area contributed by atoms with Gasteiger partial charge in [0.05, 0.1) is 0 Å². The highest BCUT2D eigenvalue weighted by Gasteiger charge is 2.42. The number of unbranched alkanes of at least 4 members (excludes halogenated alkanes) is 10. The number of fused-ring (bicyclic) bond motifs is 3. The minimum atomic E-state index is -0.0649. The van der Waals surface area contributed by atoms with Crippen LogP contribution >= 0.6 is 0 Å². The fourth-order valence-electron chi connectivity index (χ4n) is 10.8. The maximum absolute atomic E-state index is 6.14. The smallest absolute Gasteiger partial charge is 0.113 e. The first kappa shape index (κ1) is 47.6. The lowest BCUT2D eigenvalue weighted by Gasteiger charge is -2.33. The second-order valence-corrected chi connectivity index (χ2v) is 19.3. The first-order valence-electron chi connectivity index (χ1n) is 25.9. The zero-order valence-corrected chi connectivity index (χ0v) is 40.9. The monoisotopic (exact) mass is 897 g/mol. The number of rotatable bonds is 22. The van der Waals surface area contributed by atoms with Gasteiger partial charge < -0.3 is 9.80 Å². The summed E-state index contributed by atoms with van der Waals surface area (Å²) >= 11 is 0. The fraction of sp³-hybridized carbons (Fsp3) is 0.262. The molecule has 0 saturated heterocycles. The molecule has 0 unspecified atom stereocenters. The molecule has 0 N–H and O–H groups in total. The van der Waals surface area contributed by atoms with Crippen molar-refractivity contribution in [1.29, 1.82) is 0 Å². The molecule has 0 atom stereocenters. The molecule has 0 spiro atoms. The van der Waals surface area contributed by atoms with Gasteiger partial charge in [0.1, 0.15) is 15.7 Å². The maximum atomic E-state index is 6.14. The highest BCUT2D eigenvalue weighted by molar-refractivity contribution is 6.32. The minimum absolute atomic E-state index is 0.0649. The summed E-state index contributed by atoms with van der Waals surface area (Å²) in [6.45, 7) is 4.63. The fourth-order valence-corrected chi connectivity index (χ4v) is 10.8. The van der Waals surface area contributed by atoms with Crippen molar-refractivity contribution in [1.82, 2.24) is 0 Å². The Bertz CT molecular complexity index is 2660. The third-order valence-electron chi connectivity index (χ3n) is 14.5. The van der Waals surface area contributed by atoms with Gasteiger partial charge >= 0.3 is 0 Å². The van der Waals surface area contributed by atoms with Crippen molar-refractivity contribution in [2.75, 3.05) is 9.80 Å². The van der Waals surface area contributed by atoms with Crippen LogP contribution in [-0.2, 0) is 5.41 Å². The van der Waals surface area contributed by atoms with Gasteiger partial charge in [0.2, 0.25) is 0 Å². The molecular formula is C65H66B2N2. The lowest BCUT2D eigenvalue weighted by Crippen LogP contribution is -2.25. The topological polar surface area (TPSA) is 6.48 Å². The predicted octanol–water partition coefficient (Wildman–Crippen LogP) is 17.3. The number of nitrogens with zero attached hydrogens (tertiary/aromatic N) is 2. The molecule has 8 aromatic carbocycles. The molecule has 342 valence electrons. The zero-order chi connectivity index (χ0) is 47.4. The molecule has 69 heavy (non-hydrogen) atoms. The van der Waals surface area contributed by atoms with Crippen LogP contribution in [-0.4, -0.2) is 15.7 Å². The summed E-state index contributed by atoms with van der Waals surface area (Å²) < 4.78 is 0. The first-order valence-corrected chi connectivity index (χ1v) is 25.9. The van der Waals surface area contributed by atoms with Crippen molar-refractivity contribution in [3.63, 3.8) is 0 Å². The molecule has 1 aliphatic rings. The number of para-hydroxylation sites is 2. The summed E-state index contributed by atoms with van der Waals surface area (Å²) in [6, 6.07) is 70.6. The van der Waals surface area contributed by atoms with E-state index in [-0.39, 0.29) is 5.41 Å². The van der Waals surface area contributed by atoms with Crippen LogP contribution in [0, 0.1) is 0 Å². The molecule has 1 aliphatic carbocycles. The molecule has 9 rings (SSSR count). The van der Waals surface area contributed by atoms with Gasteiger partial charge in [0.25, 0.3) is 0 Å². The zero-order valence-electron chi connectivity index (χ0n) is 40.9. The molecule has 4 heteroatoms. The highest BCUT2D eigenvalue weighted by Crippen LogP contribution is 2.56. The van der Waals surface area contributed by atoms with Crippen molar-refractivity contribution in [3.8, 4) is 33.4 Å². The second kappa shape index (κ2) is 22.7. The molecule has 0 amide bonds. The van der Waals surface area contributed by atoms with E-state index < -0.39 is 0 Å². The Hall–Kier alpha value is -6.51. The summed E-state index contributed by atoms with van der Waals surface area (Å²) in [7, 11) is 12.3. The highest BCUT2D eigenvalue weighted by atomic mass is 15.1. The average molecular weight is 897 g/mol. The van der Waals surface area contributed by atoms with Crippen molar-refractivity contribution >= 4 is 60.7 Å². The van der Waals surface area contributed by atoms with E-state index in [1.165, 1.54) is 134 Å². The predicted molar refractivity (Wildman–Crippen MR) is 300 cm³/mol. The number of hydrogen-bond acceptors (Lipinski definition) is 2. The van der Waals surface area contributed by atoms with Gasteiger partial charge in [-0.25, -0.2) is 0 Å². The van der Waals surface area contributed by atoms with Crippen molar-refractivity contribution in [2.45, 2.75) is 109 Å². The Morgan fingerprint density at radius 2 is 0.623 bits per heavy atom. The summed E-state index contributed by atoms with van der Waals surface area (Å²) in [5.74, 6) is 0. The van der Waals surface area contributed by atoms with Gasteiger partial charge in [0, 0.05) is 39.5 Å². The molecular weight excluding hydrogens is 830 g/mol. The third kappa shape index (κ3) is 10.9. The molecule has 2 nitrogen and oxygen atoms in total. The Kier molecular flexibility index (Phi) is 15.7. The van der Waals surface area contributed by atoms with Gasteiger partial charge in [-0.05, 0) is 142 Å². The third-order valence-corrected chi connectivity index (χ3v) is 14.5. The lowest BCUT2D eigenvalue weighted by molar-refractivity contribution is 0.398. The SMILES string of the molecule is [B]c1ccc(N(c2ccccc2)c2ccc(-c3ccc4c(c3)C(CCCCCCCC)(CCCCCCCC)c3cc(-c5ccc(N(c6ccccc6)c6ccc([B])cc6)cc5)ccc3-4)cc2)cc1. The van der Waals surface area contributed by atoms with E-state index in [2.05, 4.69) is 194 Å². The summed E-state index contributed by atoms with van der Waals surface area (Å²) in [5, 5.41) is 0. The summed E-state index contributed by atoms with van der Waals surface area (Å²) in [6.07, 6.45) is 17.8. The standard InChI is InChI=1S/C65H66B2N2/c1-3-5-7-9-11-19-45-65(46-20-12-10-8-6-4-2)63-47-51(49-25-35-57(36-26-49)68(55-21-15-13-16-22-55)59-39-31-53(66)32-40-59)29-43-61(63)62-44-30-52(48-64(62)65)50-27-37-58(38-28-50)69(56-23-17-14-18-24-56)60-41-33-54(67)34-42-60/h13-18,21-44,47-48H,3-12,19-20,45-46H2,1-2H3. The Morgan fingerprint density at radius 3 is 0.986 bits per heavy atom. The van der Waals surface area contributed by atoms with Crippen LogP contribution < -0.4 is 20.7 Å². The molecule has 0 aliphatic heterocycles. The second-order valence-electron chi connectivity index (χ2n) is 19.3. The normalized spacial score (nSPS) is 12.4. The Labute approximate surface area is 416 Å². The maximum Gasteiger partial charge on any atom is 0.113 e. The molecule has 0 saturated carbocycles. The van der Waals surface area contributed by atoms with Gasteiger partial charge in [-0.2, -0.15) is 0 Å². The van der Waals surface area contributed by atoms with Gasteiger partial charge in [0.15, 0.2) is 0 Å². The van der Waals surface area contributed by atoms with Crippen LogP contribution in [0.5, 0.6) is 0 Å². The number of benzene rings is 8. The van der Waals surface area contributed by atoms with Crippen molar-refractivity contribution < 1.29 is 0 Å². The van der Waals surface area contributed by atoms with Crippen LogP contribution in [0.25, 0.3) is 33.4 Å². The van der Waals surface area contributed by atoms with Crippen LogP contribution in [0.1, 0.15) is 115 Å². The first-order chi connectivity index (χ1) is 34.0. The van der Waals surface area contributed by atoms with Crippen LogP contribution in [0.2, 0.25) is 0 Å². The Morgan fingerprint density at radius 1 is 0.319 bits per heavy atom. The molecule has 0 fully saturated rings. The van der Waals surface area contributed by atoms with Gasteiger partial charge in [-0.3, -0.25) is 0 Å². The van der Waals surface area contributed by atoms with E-state index in [1.807, 2.05) is 24.3 Å². The van der Waals surface area contributed by atoms with E-state index >= 15 is 0 Å². The summed E-state index contributed by atoms with van der Waals surface area (Å²) in [5.41, 5.74) is 18.9. The molecule has 0 bridgehead atoms. The number of anilines is 6. The van der Waals surface area contributed by atoms with Crippen LogP contribution in [0.4, 0.5) is 34.1 Å². The minimum Gasteiger partial charge on any atom is -0.311 e. The van der Waals surface area contributed by atoms with Gasteiger partial charge in [-0.1, -0.05) is 211 Å². The largest absolute Gasteiger partial charge is 0.311 e. The molecule has 4 radical (unpaired) electrons. The quantitative estimate of drug-likeness (QED) is 0.0494. The number of hydrogen-bond donors (Lipinski definition) is 0. The molecule has 8 aromatic rings. The summed E-state index contributed by atoms with van der Waals surface area (Å²) in [4.78, 5) is 4.61. The van der Waals surface area contributed by atoms with Crippen molar-refractivity contribution in [2.24, 2.45) is 0 Å². The van der Waals surface area contributed by atoms with Crippen LogP contribution in [0.3, 0.4) is 0 Å². The molecule has 0 aromatic heterocycles. The van der Waals surface area contributed by atoms with E-state index in [0.29, 0.717) is 0 Å². The van der Waals surface area contributed by atoms with E-state index in [9.17, 15) is 0 Å². The van der Waals surface area contributed by atoms with Crippen LogP contribution in [0.15, 0.2) is 194 Å². The van der Waals surface area contributed by atoms with E-state index in [4.69, 9.17) is 15.7 Å². The van der Waals surface area contributed by atoms with E-state index in [0.717, 1.165) is 45.0 Å². The molecule has 0 heterocycles. The Balaban J connectivity index is 1.09. The average Bonchev–Trinajstić information content (AvgIpc) is 3.66. The van der Waals surface area contributed by atoms with E-state index in [1.54, 1.807) is 0 Å². The lowest BCUT2D eigenvalue weighted by atomic mass is 9.70. The van der Waals surface area contributed by atoms with Gasteiger partial charge in [-0.15, -0.1) is 0 Å².